The smallest absolute Gasteiger partial charge is 0.274 e. The van der Waals surface area contributed by atoms with E-state index in [0.29, 0.717) is 18.8 Å². The first-order chi connectivity index (χ1) is 6.69. The second-order valence-electron chi connectivity index (χ2n) is 2.79. The molecule has 5 nitrogen and oxygen atoms in total. The SMILES string of the molecule is C=CCNC(=O)c1nn(CC)cc1N. The molecule has 0 aliphatic heterocycles. The van der Waals surface area contributed by atoms with Crippen molar-refractivity contribution in [3.8, 4) is 0 Å². The highest BCUT2D eigenvalue weighted by Gasteiger charge is 2.12. The lowest BCUT2D eigenvalue weighted by Gasteiger charge is -1.98. The van der Waals surface area contributed by atoms with Crippen molar-refractivity contribution in [3.05, 3.63) is 24.5 Å². The molecule has 0 saturated carbocycles. The lowest BCUT2D eigenvalue weighted by atomic mass is 10.3. The number of hydrogen-bond donors (Lipinski definition) is 2. The summed E-state index contributed by atoms with van der Waals surface area (Å²) < 4.78 is 1.62. The topological polar surface area (TPSA) is 72.9 Å². The molecule has 0 aliphatic carbocycles. The molecule has 0 atom stereocenters. The summed E-state index contributed by atoms with van der Waals surface area (Å²) in [4.78, 5) is 11.4. The number of carbonyl (C=O) groups is 1. The number of rotatable bonds is 4. The Bertz CT molecular complexity index is 343. The Morgan fingerprint density at radius 1 is 1.86 bits per heavy atom. The summed E-state index contributed by atoms with van der Waals surface area (Å²) in [5, 5.41) is 6.64. The van der Waals surface area contributed by atoms with Gasteiger partial charge in [0.25, 0.3) is 5.91 Å². The van der Waals surface area contributed by atoms with Gasteiger partial charge in [0.15, 0.2) is 5.69 Å². The van der Waals surface area contributed by atoms with Crippen molar-refractivity contribution < 1.29 is 4.79 Å². The predicted octanol–water partition coefficient (Wildman–Crippen LogP) is 0.401. The van der Waals surface area contributed by atoms with Crippen molar-refractivity contribution in [1.82, 2.24) is 15.1 Å². The molecule has 1 heterocycles. The first-order valence-corrected chi connectivity index (χ1v) is 4.41. The van der Waals surface area contributed by atoms with Crippen LogP contribution in [0.2, 0.25) is 0 Å². The van der Waals surface area contributed by atoms with Crippen LogP contribution in [0.4, 0.5) is 5.69 Å². The minimum atomic E-state index is -0.269. The van der Waals surface area contributed by atoms with E-state index < -0.39 is 0 Å². The summed E-state index contributed by atoms with van der Waals surface area (Å²) in [7, 11) is 0. The molecule has 1 aromatic rings. The van der Waals surface area contributed by atoms with E-state index in [4.69, 9.17) is 5.73 Å². The lowest BCUT2D eigenvalue weighted by Crippen LogP contribution is -2.24. The molecule has 76 valence electrons. The highest BCUT2D eigenvalue weighted by Crippen LogP contribution is 2.08. The third-order valence-corrected chi connectivity index (χ3v) is 1.74. The summed E-state index contributed by atoms with van der Waals surface area (Å²) in [6, 6.07) is 0. The zero-order valence-corrected chi connectivity index (χ0v) is 8.16. The zero-order valence-electron chi connectivity index (χ0n) is 8.16. The molecule has 0 saturated heterocycles. The normalized spacial score (nSPS) is 9.79. The van der Waals surface area contributed by atoms with Crippen LogP contribution in [0.25, 0.3) is 0 Å². The standard InChI is InChI=1S/C9H14N4O/c1-3-5-11-9(14)8-7(10)6-13(4-2)12-8/h3,6H,1,4-5,10H2,2H3,(H,11,14). The maximum atomic E-state index is 11.4. The average molecular weight is 194 g/mol. The molecule has 1 rings (SSSR count). The van der Waals surface area contributed by atoms with Crippen molar-refractivity contribution in [2.75, 3.05) is 12.3 Å². The van der Waals surface area contributed by atoms with Crippen LogP contribution in [-0.2, 0) is 6.54 Å². The summed E-state index contributed by atoms with van der Waals surface area (Å²) >= 11 is 0. The molecule has 0 spiro atoms. The molecule has 5 heteroatoms. The number of aromatic nitrogens is 2. The maximum Gasteiger partial charge on any atom is 0.274 e. The fourth-order valence-electron chi connectivity index (χ4n) is 1.02. The van der Waals surface area contributed by atoms with Crippen molar-refractivity contribution in [1.29, 1.82) is 0 Å². The summed E-state index contributed by atoms with van der Waals surface area (Å²) in [6.07, 6.45) is 3.24. The average Bonchev–Trinajstić information content (AvgIpc) is 2.56. The highest BCUT2D eigenvalue weighted by molar-refractivity contribution is 5.97. The molecule has 0 aromatic carbocycles. The molecule has 0 bridgehead atoms. The van der Waals surface area contributed by atoms with Gasteiger partial charge in [-0.3, -0.25) is 9.48 Å². The molecule has 1 aromatic heterocycles. The van der Waals surface area contributed by atoms with Crippen LogP contribution in [0.5, 0.6) is 0 Å². The van der Waals surface area contributed by atoms with Gasteiger partial charge in [0.1, 0.15) is 0 Å². The van der Waals surface area contributed by atoms with Gasteiger partial charge in [-0.25, -0.2) is 0 Å². The molecule has 14 heavy (non-hydrogen) atoms. The molecular weight excluding hydrogens is 180 g/mol. The van der Waals surface area contributed by atoms with Crippen LogP contribution in [0.1, 0.15) is 17.4 Å². The summed E-state index contributed by atoms with van der Waals surface area (Å²) in [6.45, 7) is 6.53. The second-order valence-corrected chi connectivity index (χ2v) is 2.79. The van der Waals surface area contributed by atoms with Crippen molar-refractivity contribution in [2.24, 2.45) is 0 Å². The van der Waals surface area contributed by atoms with Crippen LogP contribution in [0.15, 0.2) is 18.9 Å². The largest absolute Gasteiger partial charge is 0.396 e. The van der Waals surface area contributed by atoms with Crippen LogP contribution >= 0.6 is 0 Å². The fraction of sp³-hybridized carbons (Fsp3) is 0.333. The van der Waals surface area contributed by atoms with Gasteiger partial charge in [0, 0.05) is 19.3 Å². The van der Waals surface area contributed by atoms with E-state index >= 15 is 0 Å². The second kappa shape index (κ2) is 4.45. The van der Waals surface area contributed by atoms with Crippen molar-refractivity contribution >= 4 is 11.6 Å². The molecule has 3 N–H and O–H groups in total. The van der Waals surface area contributed by atoms with Gasteiger partial charge in [-0.1, -0.05) is 6.08 Å². The molecule has 0 unspecified atom stereocenters. The molecule has 0 aliphatic rings. The van der Waals surface area contributed by atoms with Gasteiger partial charge in [-0.2, -0.15) is 5.10 Å². The van der Waals surface area contributed by atoms with E-state index in [1.54, 1.807) is 17.0 Å². The predicted molar refractivity (Wildman–Crippen MR) is 54.8 cm³/mol. The third kappa shape index (κ3) is 2.12. The molecule has 0 fully saturated rings. The maximum absolute atomic E-state index is 11.4. The van der Waals surface area contributed by atoms with Crippen molar-refractivity contribution in [2.45, 2.75) is 13.5 Å². The molecule has 0 radical (unpaired) electrons. The summed E-state index contributed by atoms with van der Waals surface area (Å²) in [5.74, 6) is -0.269. The van der Waals surface area contributed by atoms with Crippen molar-refractivity contribution in [3.63, 3.8) is 0 Å². The number of amides is 1. The Labute approximate surface area is 82.6 Å². The van der Waals surface area contributed by atoms with E-state index in [1.807, 2.05) is 6.92 Å². The minimum absolute atomic E-state index is 0.269. The number of hydrogen-bond acceptors (Lipinski definition) is 3. The fourth-order valence-corrected chi connectivity index (χ4v) is 1.02. The lowest BCUT2D eigenvalue weighted by molar-refractivity contribution is 0.0953. The van der Waals surface area contributed by atoms with Gasteiger partial charge < -0.3 is 11.1 Å². The third-order valence-electron chi connectivity index (χ3n) is 1.74. The monoisotopic (exact) mass is 194 g/mol. The van der Waals surface area contributed by atoms with Gasteiger partial charge >= 0.3 is 0 Å². The van der Waals surface area contributed by atoms with E-state index in [-0.39, 0.29) is 11.6 Å². The number of nitrogens with two attached hydrogens (primary N) is 1. The Morgan fingerprint density at radius 2 is 2.57 bits per heavy atom. The van der Waals surface area contributed by atoms with E-state index in [1.165, 1.54) is 0 Å². The number of nitrogens with one attached hydrogen (secondary N) is 1. The van der Waals surface area contributed by atoms with Crippen LogP contribution in [0.3, 0.4) is 0 Å². The highest BCUT2D eigenvalue weighted by atomic mass is 16.1. The molecular formula is C9H14N4O. The number of aryl methyl sites for hydroxylation is 1. The van der Waals surface area contributed by atoms with Gasteiger partial charge in [-0.05, 0) is 6.92 Å². The van der Waals surface area contributed by atoms with Crippen LogP contribution in [0, 0.1) is 0 Å². The number of nitrogen functional groups attached to an aromatic ring is 1. The van der Waals surface area contributed by atoms with Gasteiger partial charge in [0.05, 0.1) is 5.69 Å². The minimum Gasteiger partial charge on any atom is -0.396 e. The number of nitrogens with zero attached hydrogens (tertiary/aromatic N) is 2. The van der Waals surface area contributed by atoms with E-state index in [0.717, 1.165) is 0 Å². The zero-order chi connectivity index (χ0) is 10.6. The number of anilines is 1. The van der Waals surface area contributed by atoms with Gasteiger partial charge in [-0.15, -0.1) is 6.58 Å². The number of carbonyl (C=O) groups excluding carboxylic acids is 1. The first kappa shape index (κ1) is 10.3. The molecule has 1 amide bonds. The van der Waals surface area contributed by atoms with E-state index in [2.05, 4.69) is 17.0 Å². The van der Waals surface area contributed by atoms with Crippen LogP contribution in [-0.4, -0.2) is 22.2 Å². The van der Waals surface area contributed by atoms with E-state index in [9.17, 15) is 4.79 Å². The Balaban J connectivity index is 2.78. The van der Waals surface area contributed by atoms with Crippen LogP contribution < -0.4 is 11.1 Å². The Morgan fingerprint density at radius 3 is 3.07 bits per heavy atom. The Kier molecular flexibility index (Phi) is 3.28. The summed E-state index contributed by atoms with van der Waals surface area (Å²) in [5.41, 5.74) is 6.29. The first-order valence-electron chi connectivity index (χ1n) is 4.41. The quantitative estimate of drug-likeness (QED) is 0.681. The Hall–Kier alpha value is -1.78. The van der Waals surface area contributed by atoms with Gasteiger partial charge in [0.2, 0.25) is 0 Å².